The number of alkyl halides is 3. The summed E-state index contributed by atoms with van der Waals surface area (Å²) in [4.78, 5) is 23.1. The molecule has 1 heterocycles. The summed E-state index contributed by atoms with van der Waals surface area (Å²) in [7, 11) is 0. The molecule has 1 amide bonds. The zero-order valence-electron chi connectivity index (χ0n) is 10.6. The minimum absolute atomic E-state index is 0.00212. The van der Waals surface area contributed by atoms with Crippen molar-refractivity contribution in [3.8, 4) is 0 Å². The standard InChI is InChI=1S/C13H12F3NO3/c1-7-2-3-8-6-9(11(18)19)4-5-10(8)17(7)12(20)13(14,15)16/h4-7H,2-3H2,1H3,(H,18,19). The van der Waals surface area contributed by atoms with Crippen molar-refractivity contribution in [1.29, 1.82) is 0 Å². The molecular weight excluding hydrogens is 275 g/mol. The number of halogens is 3. The number of aryl methyl sites for hydroxylation is 1. The Morgan fingerprint density at radius 3 is 2.55 bits per heavy atom. The molecule has 1 aromatic carbocycles. The van der Waals surface area contributed by atoms with Crippen molar-refractivity contribution >= 4 is 17.6 Å². The van der Waals surface area contributed by atoms with E-state index in [0.717, 1.165) is 0 Å². The third kappa shape index (κ3) is 2.48. The number of carbonyl (C=O) groups excluding carboxylic acids is 1. The number of hydrogen-bond acceptors (Lipinski definition) is 2. The van der Waals surface area contributed by atoms with Crippen molar-refractivity contribution in [3.63, 3.8) is 0 Å². The molecule has 4 nitrogen and oxygen atoms in total. The van der Waals surface area contributed by atoms with Gasteiger partial charge in [-0.15, -0.1) is 0 Å². The lowest BCUT2D eigenvalue weighted by Crippen LogP contribution is -2.48. The van der Waals surface area contributed by atoms with Gasteiger partial charge >= 0.3 is 18.1 Å². The molecule has 0 saturated carbocycles. The highest BCUT2D eigenvalue weighted by Gasteiger charge is 2.45. The molecule has 0 aromatic heterocycles. The number of benzene rings is 1. The Kier molecular flexibility index (Phi) is 3.45. The molecule has 1 aromatic rings. The van der Waals surface area contributed by atoms with Gasteiger partial charge in [0.2, 0.25) is 0 Å². The van der Waals surface area contributed by atoms with Gasteiger partial charge in [0.15, 0.2) is 0 Å². The molecule has 0 aliphatic carbocycles. The Bertz CT molecular complexity index is 568. The first-order valence-corrected chi connectivity index (χ1v) is 5.98. The van der Waals surface area contributed by atoms with Gasteiger partial charge in [-0.2, -0.15) is 13.2 Å². The molecule has 0 saturated heterocycles. The van der Waals surface area contributed by atoms with E-state index in [2.05, 4.69) is 0 Å². The van der Waals surface area contributed by atoms with Crippen LogP contribution >= 0.6 is 0 Å². The molecule has 20 heavy (non-hydrogen) atoms. The van der Waals surface area contributed by atoms with Crippen LogP contribution in [0.2, 0.25) is 0 Å². The average Bonchev–Trinajstić information content (AvgIpc) is 2.36. The second kappa shape index (κ2) is 4.81. The van der Waals surface area contributed by atoms with Crippen LogP contribution in [-0.4, -0.2) is 29.2 Å². The molecular formula is C13H12F3NO3. The summed E-state index contributed by atoms with van der Waals surface area (Å²) in [6.07, 6.45) is -4.15. The topological polar surface area (TPSA) is 57.6 Å². The average molecular weight is 287 g/mol. The maximum absolute atomic E-state index is 12.6. The summed E-state index contributed by atoms with van der Waals surface area (Å²) in [5, 5.41) is 8.88. The van der Waals surface area contributed by atoms with Gasteiger partial charge in [0.1, 0.15) is 0 Å². The Balaban J connectivity index is 2.47. The van der Waals surface area contributed by atoms with Crippen molar-refractivity contribution in [2.75, 3.05) is 4.90 Å². The summed E-state index contributed by atoms with van der Waals surface area (Å²) in [5.41, 5.74) is 0.578. The molecule has 2 rings (SSSR count). The summed E-state index contributed by atoms with van der Waals surface area (Å²) < 4.78 is 37.9. The predicted molar refractivity (Wildman–Crippen MR) is 64.7 cm³/mol. The van der Waals surface area contributed by atoms with Crippen LogP contribution in [0.15, 0.2) is 18.2 Å². The first-order chi connectivity index (χ1) is 9.21. The fraction of sp³-hybridized carbons (Fsp3) is 0.385. The number of carbonyl (C=O) groups is 2. The van der Waals surface area contributed by atoms with Gasteiger partial charge in [-0.1, -0.05) is 0 Å². The van der Waals surface area contributed by atoms with Crippen molar-refractivity contribution in [3.05, 3.63) is 29.3 Å². The lowest BCUT2D eigenvalue weighted by molar-refractivity contribution is -0.171. The molecule has 0 radical (unpaired) electrons. The van der Waals surface area contributed by atoms with Crippen LogP contribution in [0.25, 0.3) is 0 Å². The monoisotopic (exact) mass is 287 g/mol. The van der Waals surface area contributed by atoms with Gasteiger partial charge in [0.05, 0.1) is 5.56 Å². The van der Waals surface area contributed by atoms with E-state index < -0.39 is 24.1 Å². The third-order valence-electron chi connectivity index (χ3n) is 3.32. The van der Waals surface area contributed by atoms with Gasteiger partial charge in [0.25, 0.3) is 0 Å². The van der Waals surface area contributed by atoms with Crippen LogP contribution in [0, 0.1) is 0 Å². The molecule has 1 N–H and O–H groups in total. The normalized spacial score (nSPS) is 18.6. The maximum atomic E-state index is 12.6. The summed E-state index contributed by atoms with van der Waals surface area (Å²) >= 11 is 0. The van der Waals surface area contributed by atoms with E-state index in [1.54, 1.807) is 0 Å². The molecule has 0 bridgehead atoms. The van der Waals surface area contributed by atoms with Crippen molar-refractivity contribution in [1.82, 2.24) is 0 Å². The van der Waals surface area contributed by atoms with Gasteiger partial charge in [0, 0.05) is 11.7 Å². The minimum Gasteiger partial charge on any atom is -0.478 e. The summed E-state index contributed by atoms with van der Waals surface area (Å²) in [6.45, 7) is 1.54. The molecule has 108 valence electrons. The highest BCUT2D eigenvalue weighted by Crippen LogP contribution is 2.34. The molecule has 1 aliphatic rings. The maximum Gasteiger partial charge on any atom is 0.471 e. The van der Waals surface area contributed by atoms with E-state index in [-0.39, 0.29) is 11.3 Å². The van der Waals surface area contributed by atoms with Crippen LogP contribution in [-0.2, 0) is 11.2 Å². The molecule has 0 fully saturated rings. The number of carboxylic acids is 1. The number of anilines is 1. The number of rotatable bonds is 1. The van der Waals surface area contributed by atoms with E-state index in [9.17, 15) is 22.8 Å². The predicted octanol–water partition coefficient (Wildman–Crippen LogP) is 2.61. The van der Waals surface area contributed by atoms with Gasteiger partial charge in [-0.3, -0.25) is 4.79 Å². The molecule has 1 aliphatic heterocycles. The quantitative estimate of drug-likeness (QED) is 0.863. The van der Waals surface area contributed by atoms with Crippen LogP contribution < -0.4 is 4.90 Å². The van der Waals surface area contributed by atoms with Crippen LogP contribution in [0.1, 0.15) is 29.3 Å². The Labute approximate surface area is 112 Å². The first kappa shape index (κ1) is 14.4. The van der Waals surface area contributed by atoms with E-state index in [1.807, 2.05) is 0 Å². The van der Waals surface area contributed by atoms with Crippen molar-refractivity contribution in [2.24, 2.45) is 0 Å². The highest BCUT2D eigenvalue weighted by atomic mass is 19.4. The Morgan fingerprint density at radius 2 is 2.00 bits per heavy atom. The van der Waals surface area contributed by atoms with Crippen molar-refractivity contribution < 1.29 is 27.9 Å². The SMILES string of the molecule is CC1CCc2cc(C(=O)O)ccc2N1C(=O)C(F)(F)F. The van der Waals surface area contributed by atoms with Crippen LogP contribution in [0.5, 0.6) is 0 Å². The number of fused-ring (bicyclic) bond motifs is 1. The fourth-order valence-corrected chi connectivity index (χ4v) is 2.33. The van der Waals surface area contributed by atoms with Crippen molar-refractivity contribution in [2.45, 2.75) is 32.0 Å². The van der Waals surface area contributed by atoms with E-state index in [1.165, 1.54) is 25.1 Å². The summed E-state index contributed by atoms with van der Waals surface area (Å²) in [6, 6.07) is 3.21. The smallest absolute Gasteiger partial charge is 0.471 e. The van der Waals surface area contributed by atoms with E-state index in [4.69, 9.17) is 5.11 Å². The second-order valence-corrected chi connectivity index (χ2v) is 4.71. The zero-order valence-corrected chi connectivity index (χ0v) is 10.6. The number of carboxylic acid groups (broad SMARTS) is 1. The lowest BCUT2D eigenvalue weighted by Gasteiger charge is -2.35. The minimum atomic E-state index is -4.95. The molecule has 1 atom stereocenters. The van der Waals surface area contributed by atoms with Gasteiger partial charge in [-0.05, 0) is 43.5 Å². The molecule has 1 unspecified atom stereocenters. The first-order valence-electron chi connectivity index (χ1n) is 5.98. The van der Waals surface area contributed by atoms with Gasteiger partial charge < -0.3 is 10.0 Å². The number of aromatic carboxylic acids is 1. The van der Waals surface area contributed by atoms with Crippen LogP contribution in [0.4, 0.5) is 18.9 Å². The second-order valence-electron chi connectivity index (χ2n) is 4.71. The third-order valence-corrected chi connectivity index (χ3v) is 3.32. The van der Waals surface area contributed by atoms with E-state index >= 15 is 0 Å². The fourth-order valence-electron chi connectivity index (χ4n) is 2.33. The zero-order chi connectivity index (χ0) is 15.1. The lowest BCUT2D eigenvalue weighted by atomic mass is 9.94. The van der Waals surface area contributed by atoms with Gasteiger partial charge in [-0.25, -0.2) is 4.79 Å². The molecule has 7 heteroatoms. The number of amides is 1. The molecule has 0 spiro atoms. The number of nitrogens with zero attached hydrogens (tertiary/aromatic N) is 1. The Hall–Kier alpha value is -2.05. The highest BCUT2D eigenvalue weighted by molar-refractivity contribution is 5.99. The summed E-state index contributed by atoms with van der Waals surface area (Å²) in [5.74, 6) is -3.07. The van der Waals surface area contributed by atoms with Crippen LogP contribution in [0.3, 0.4) is 0 Å². The largest absolute Gasteiger partial charge is 0.478 e. The number of hydrogen-bond donors (Lipinski definition) is 1. The Morgan fingerprint density at radius 1 is 1.35 bits per heavy atom. The van der Waals surface area contributed by atoms with E-state index in [0.29, 0.717) is 23.3 Å².